The Morgan fingerprint density at radius 3 is 2.82 bits per heavy atom. The minimum absolute atomic E-state index is 0.0710. The van der Waals surface area contributed by atoms with Gasteiger partial charge in [-0.05, 0) is 45.4 Å². The lowest BCUT2D eigenvalue weighted by molar-refractivity contribution is 0.231. The summed E-state index contributed by atoms with van der Waals surface area (Å²) in [5, 5.41) is 6.95. The molecular formula is C21H30N6O. The van der Waals surface area contributed by atoms with Crippen LogP contribution < -0.4 is 15.4 Å². The Hall–Kier alpha value is -2.67. The summed E-state index contributed by atoms with van der Waals surface area (Å²) in [4.78, 5) is 13.5. The molecule has 1 fully saturated rings. The summed E-state index contributed by atoms with van der Waals surface area (Å²) in [6, 6.07) is 6.45. The average molecular weight is 383 g/mol. The Morgan fingerprint density at radius 1 is 1.21 bits per heavy atom. The van der Waals surface area contributed by atoms with Crippen molar-refractivity contribution in [2.45, 2.75) is 52.7 Å². The number of imidazole rings is 1. The van der Waals surface area contributed by atoms with Crippen molar-refractivity contribution in [3.63, 3.8) is 0 Å². The fraction of sp³-hybridized carbons (Fsp3) is 0.476. The van der Waals surface area contributed by atoms with Gasteiger partial charge in [-0.1, -0.05) is 19.9 Å². The Balaban J connectivity index is 0.00000109. The number of fused-ring (bicyclic) bond motifs is 1. The first-order valence-corrected chi connectivity index (χ1v) is 10.1. The first kappa shape index (κ1) is 20.1. The molecule has 3 aromatic heterocycles. The maximum Gasteiger partial charge on any atom is 0.230 e. The third kappa shape index (κ3) is 4.78. The summed E-state index contributed by atoms with van der Waals surface area (Å²) in [5.41, 5.74) is 2.56. The van der Waals surface area contributed by atoms with Crippen LogP contribution in [0.25, 0.3) is 17.0 Å². The summed E-state index contributed by atoms with van der Waals surface area (Å²) in [6.07, 6.45) is 7.83. The highest BCUT2D eigenvalue weighted by molar-refractivity contribution is 5.61. The number of hydrogen-bond donors (Lipinski definition) is 2. The molecule has 1 unspecified atom stereocenters. The predicted molar refractivity (Wildman–Crippen MR) is 113 cm³/mol. The number of piperidine rings is 1. The highest BCUT2D eigenvalue weighted by Crippen LogP contribution is 2.22. The molecule has 7 nitrogen and oxygen atoms in total. The van der Waals surface area contributed by atoms with Gasteiger partial charge in [0.05, 0.1) is 36.1 Å². The second kappa shape index (κ2) is 9.50. The number of hydrogen-bond acceptors (Lipinski definition) is 6. The fourth-order valence-corrected chi connectivity index (χ4v) is 3.21. The molecular weight excluding hydrogens is 352 g/mol. The van der Waals surface area contributed by atoms with Crippen molar-refractivity contribution in [3.05, 3.63) is 36.8 Å². The second-order valence-electron chi connectivity index (χ2n) is 6.86. The smallest absolute Gasteiger partial charge is 0.230 e. The van der Waals surface area contributed by atoms with E-state index in [0.29, 0.717) is 11.9 Å². The van der Waals surface area contributed by atoms with E-state index in [1.54, 1.807) is 6.20 Å². The Bertz CT molecular complexity index is 885. The predicted octanol–water partition coefficient (Wildman–Crippen LogP) is 3.77. The van der Waals surface area contributed by atoms with E-state index in [1.165, 1.54) is 6.42 Å². The van der Waals surface area contributed by atoms with Crippen molar-refractivity contribution in [1.82, 2.24) is 24.7 Å². The zero-order chi connectivity index (χ0) is 19.9. The largest absolute Gasteiger partial charge is 0.474 e. The number of rotatable bonds is 5. The van der Waals surface area contributed by atoms with E-state index in [1.807, 2.05) is 62.7 Å². The van der Waals surface area contributed by atoms with Gasteiger partial charge in [-0.15, -0.1) is 0 Å². The van der Waals surface area contributed by atoms with E-state index in [-0.39, 0.29) is 6.10 Å². The van der Waals surface area contributed by atoms with Crippen molar-refractivity contribution >= 4 is 11.5 Å². The lowest BCUT2D eigenvalue weighted by Crippen LogP contribution is -2.38. The van der Waals surface area contributed by atoms with Gasteiger partial charge in [0.15, 0.2) is 5.65 Å². The highest BCUT2D eigenvalue weighted by atomic mass is 16.5. The molecule has 4 rings (SSSR count). The Kier molecular flexibility index (Phi) is 6.81. The molecule has 1 saturated heterocycles. The van der Waals surface area contributed by atoms with Gasteiger partial charge in [0, 0.05) is 12.6 Å². The molecule has 28 heavy (non-hydrogen) atoms. The number of anilines is 1. The van der Waals surface area contributed by atoms with E-state index < -0.39 is 0 Å². The van der Waals surface area contributed by atoms with Gasteiger partial charge >= 0.3 is 0 Å². The van der Waals surface area contributed by atoms with Crippen LogP contribution in [-0.2, 0) is 0 Å². The van der Waals surface area contributed by atoms with Crippen LogP contribution in [-0.4, -0.2) is 44.6 Å². The minimum atomic E-state index is 0.0710. The van der Waals surface area contributed by atoms with Gasteiger partial charge in [0.2, 0.25) is 5.88 Å². The maximum absolute atomic E-state index is 5.71. The van der Waals surface area contributed by atoms with Gasteiger partial charge in [0.25, 0.3) is 0 Å². The number of ether oxygens (including phenoxy) is 1. The van der Waals surface area contributed by atoms with Crippen LogP contribution in [0.1, 0.15) is 40.5 Å². The maximum atomic E-state index is 5.71. The summed E-state index contributed by atoms with van der Waals surface area (Å²) in [5.74, 6) is 1.47. The van der Waals surface area contributed by atoms with Gasteiger partial charge < -0.3 is 15.4 Å². The van der Waals surface area contributed by atoms with Crippen LogP contribution in [0.5, 0.6) is 5.88 Å². The van der Waals surface area contributed by atoms with E-state index in [0.717, 1.165) is 42.4 Å². The summed E-state index contributed by atoms with van der Waals surface area (Å²) in [6.45, 7) is 10.0. The SMILES string of the molecule is CC.CC(C)Oc1cn2c(-c3cccc(NC4CCCNC4)n3)cnc2cn1. The molecule has 4 heterocycles. The van der Waals surface area contributed by atoms with Crippen LogP contribution in [0.3, 0.4) is 0 Å². The molecule has 2 N–H and O–H groups in total. The lowest BCUT2D eigenvalue weighted by Gasteiger charge is -2.24. The summed E-state index contributed by atoms with van der Waals surface area (Å²) < 4.78 is 7.68. The van der Waals surface area contributed by atoms with Gasteiger partial charge in [-0.25, -0.2) is 15.0 Å². The molecule has 0 spiro atoms. The summed E-state index contributed by atoms with van der Waals surface area (Å²) in [7, 11) is 0. The standard InChI is InChI=1S/C19H24N6O.C2H6/c1-13(2)26-19-12-25-16(10-21-18(25)11-22-19)15-6-3-7-17(24-15)23-14-5-4-8-20-9-14;1-2/h3,6-7,10-14,20H,4-5,8-9H2,1-2H3,(H,23,24);1-2H3. The quantitative estimate of drug-likeness (QED) is 0.700. The minimum Gasteiger partial charge on any atom is -0.474 e. The molecule has 0 radical (unpaired) electrons. The van der Waals surface area contributed by atoms with Crippen molar-refractivity contribution in [2.24, 2.45) is 0 Å². The Labute approximate surface area is 166 Å². The van der Waals surface area contributed by atoms with Crippen molar-refractivity contribution in [2.75, 3.05) is 18.4 Å². The number of aromatic nitrogens is 4. The van der Waals surface area contributed by atoms with Gasteiger partial charge in [-0.2, -0.15) is 0 Å². The first-order valence-electron chi connectivity index (χ1n) is 10.1. The highest BCUT2D eigenvalue weighted by Gasteiger charge is 2.14. The van der Waals surface area contributed by atoms with Gasteiger partial charge in [0.1, 0.15) is 5.82 Å². The Morgan fingerprint density at radius 2 is 2.07 bits per heavy atom. The molecule has 1 aliphatic heterocycles. The molecule has 7 heteroatoms. The van der Waals surface area contributed by atoms with Crippen LogP contribution in [0, 0.1) is 0 Å². The lowest BCUT2D eigenvalue weighted by atomic mass is 10.1. The molecule has 0 aromatic carbocycles. The fourth-order valence-electron chi connectivity index (χ4n) is 3.21. The van der Waals surface area contributed by atoms with Crippen molar-refractivity contribution < 1.29 is 4.74 Å². The third-order valence-corrected chi connectivity index (χ3v) is 4.39. The number of nitrogens with one attached hydrogen (secondary N) is 2. The zero-order valence-corrected chi connectivity index (χ0v) is 17.1. The topological polar surface area (TPSA) is 76.4 Å². The van der Waals surface area contributed by atoms with E-state index in [4.69, 9.17) is 9.72 Å². The molecule has 150 valence electrons. The van der Waals surface area contributed by atoms with Crippen LogP contribution in [0.2, 0.25) is 0 Å². The van der Waals surface area contributed by atoms with Crippen molar-refractivity contribution in [3.8, 4) is 17.3 Å². The molecule has 0 bridgehead atoms. The number of pyridine rings is 1. The molecule has 1 aliphatic rings. The molecule has 0 saturated carbocycles. The van der Waals surface area contributed by atoms with Crippen LogP contribution in [0.15, 0.2) is 36.8 Å². The van der Waals surface area contributed by atoms with Crippen LogP contribution in [0.4, 0.5) is 5.82 Å². The van der Waals surface area contributed by atoms with Crippen molar-refractivity contribution in [1.29, 1.82) is 0 Å². The monoisotopic (exact) mass is 382 g/mol. The molecule has 0 aliphatic carbocycles. The van der Waals surface area contributed by atoms with E-state index in [9.17, 15) is 0 Å². The number of nitrogens with zero attached hydrogens (tertiary/aromatic N) is 4. The first-order chi connectivity index (χ1) is 13.7. The van der Waals surface area contributed by atoms with E-state index in [2.05, 4.69) is 20.6 Å². The zero-order valence-electron chi connectivity index (χ0n) is 17.1. The average Bonchev–Trinajstić information content (AvgIpc) is 3.13. The second-order valence-corrected chi connectivity index (χ2v) is 6.86. The molecule has 3 aromatic rings. The normalized spacial score (nSPS) is 16.5. The van der Waals surface area contributed by atoms with Crippen LogP contribution >= 0.6 is 0 Å². The third-order valence-electron chi connectivity index (χ3n) is 4.39. The van der Waals surface area contributed by atoms with Gasteiger partial charge in [-0.3, -0.25) is 4.40 Å². The van der Waals surface area contributed by atoms with E-state index >= 15 is 0 Å². The molecule has 0 amide bonds. The summed E-state index contributed by atoms with van der Waals surface area (Å²) >= 11 is 0. The molecule has 1 atom stereocenters.